The van der Waals surface area contributed by atoms with Crippen molar-refractivity contribution in [2.45, 2.75) is 13.0 Å². The summed E-state index contributed by atoms with van der Waals surface area (Å²) in [6, 6.07) is 6.70. The lowest BCUT2D eigenvalue weighted by Crippen LogP contribution is -2.43. The molecule has 88 valence electrons. The van der Waals surface area contributed by atoms with Crippen LogP contribution in [0.3, 0.4) is 0 Å². The van der Waals surface area contributed by atoms with Gasteiger partial charge < -0.3 is 5.32 Å². The third kappa shape index (κ3) is 1.62. The highest BCUT2D eigenvalue weighted by atomic mass is 16.2. The van der Waals surface area contributed by atoms with Gasteiger partial charge in [-0.05, 0) is 13.0 Å². The lowest BCUT2D eigenvalue weighted by Gasteiger charge is -2.23. The first kappa shape index (κ1) is 11.4. The molecular formula is C13H14N2O2. The molecule has 4 heteroatoms. The Balaban J connectivity index is 2.40. The fraction of sp³-hybridized carbons (Fsp3) is 0.231. The average molecular weight is 230 g/mol. The molecule has 0 fully saturated rings. The van der Waals surface area contributed by atoms with E-state index in [0.29, 0.717) is 11.3 Å². The quantitative estimate of drug-likeness (QED) is 0.831. The van der Waals surface area contributed by atoms with E-state index in [1.54, 1.807) is 26.1 Å². The van der Waals surface area contributed by atoms with Gasteiger partial charge in [-0.3, -0.25) is 14.5 Å². The minimum absolute atomic E-state index is 0.165. The van der Waals surface area contributed by atoms with E-state index in [2.05, 4.69) is 11.9 Å². The molecule has 1 aromatic carbocycles. The second kappa shape index (κ2) is 4.05. The van der Waals surface area contributed by atoms with E-state index in [-0.39, 0.29) is 11.8 Å². The Bertz CT molecular complexity index is 473. The first-order valence-corrected chi connectivity index (χ1v) is 5.41. The number of nitrogens with one attached hydrogen (secondary N) is 1. The Morgan fingerprint density at radius 2 is 1.94 bits per heavy atom. The summed E-state index contributed by atoms with van der Waals surface area (Å²) in [6.07, 6.45) is 0. The Morgan fingerprint density at radius 1 is 1.35 bits per heavy atom. The summed E-state index contributed by atoms with van der Waals surface area (Å²) in [5, 5.41) is 2.54. The molecule has 1 aromatic rings. The minimum Gasteiger partial charge on any atom is -0.357 e. The van der Waals surface area contributed by atoms with Gasteiger partial charge in [-0.25, -0.2) is 0 Å². The summed E-state index contributed by atoms with van der Waals surface area (Å²) in [5.41, 5.74) is 1.99. The molecule has 1 heterocycles. The van der Waals surface area contributed by atoms with Crippen molar-refractivity contribution < 1.29 is 9.59 Å². The molecule has 0 aliphatic carbocycles. The zero-order valence-electron chi connectivity index (χ0n) is 9.86. The first-order chi connectivity index (χ1) is 8.07. The summed E-state index contributed by atoms with van der Waals surface area (Å²) < 4.78 is 0. The van der Waals surface area contributed by atoms with Crippen LogP contribution in [0.1, 0.15) is 22.8 Å². The number of likely N-dealkylation sites (N-methyl/N-ethyl adjacent to an activating group) is 1. The van der Waals surface area contributed by atoms with Crippen molar-refractivity contribution in [1.29, 1.82) is 0 Å². The van der Waals surface area contributed by atoms with Gasteiger partial charge in [0.1, 0.15) is 6.04 Å². The van der Waals surface area contributed by atoms with Crippen molar-refractivity contribution in [3.05, 3.63) is 42.0 Å². The summed E-state index contributed by atoms with van der Waals surface area (Å²) in [7, 11) is 1.55. The molecule has 4 nitrogen and oxygen atoms in total. The van der Waals surface area contributed by atoms with Crippen LogP contribution < -0.4 is 5.32 Å². The molecule has 2 amide bonds. The maximum absolute atomic E-state index is 12.2. The maximum Gasteiger partial charge on any atom is 0.259 e. The van der Waals surface area contributed by atoms with Gasteiger partial charge in [0.2, 0.25) is 5.91 Å². The largest absolute Gasteiger partial charge is 0.357 e. The van der Waals surface area contributed by atoms with Gasteiger partial charge in [0.05, 0.1) is 0 Å². The van der Waals surface area contributed by atoms with Crippen LogP contribution >= 0.6 is 0 Å². The van der Waals surface area contributed by atoms with Gasteiger partial charge in [0.15, 0.2) is 0 Å². The Labute approximate surface area is 99.9 Å². The zero-order chi connectivity index (χ0) is 12.6. The molecule has 1 N–H and O–H groups in total. The lowest BCUT2D eigenvalue weighted by molar-refractivity contribution is -0.123. The second-order valence-corrected chi connectivity index (χ2v) is 3.96. The fourth-order valence-corrected chi connectivity index (χ4v) is 2.04. The highest BCUT2D eigenvalue weighted by Gasteiger charge is 2.36. The zero-order valence-corrected chi connectivity index (χ0v) is 9.86. The monoisotopic (exact) mass is 230 g/mol. The minimum atomic E-state index is -0.549. The Hall–Kier alpha value is -2.10. The molecule has 1 atom stereocenters. The number of amides is 2. The number of benzene rings is 1. The van der Waals surface area contributed by atoms with Crippen LogP contribution in [-0.4, -0.2) is 29.8 Å². The number of hydrogen-bond donors (Lipinski definition) is 1. The van der Waals surface area contributed by atoms with E-state index >= 15 is 0 Å². The highest BCUT2D eigenvalue weighted by Crippen LogP contribution is 2.32. The highest BCUT2D eigenvalue weighted by molar-refractivity contribution is 6.10. The molecule has 0 saturated carbocycles. The molecule has 0 radical (unpaired) electrons. The maximum atomic E-state index is 12.2. The van der Waals surface area contributed by atoms with Crippen molar-refractivity contribution in [2.75, 3.05) is 7.05 Å². The van der Waals surface area contributed by atoms with E-state index < -0.39 is 6.04 Å². The molecule has 1 aliphatic heterocycles. The van der Waals surface area contributed by atoms with Crippen LogP contribution in [-0.2, 0) is 4.79 Å². The van der Waals surface area contributed by atoms with Gasteiger partial charge >= 0.3 is 0 Å². The van der Waals surface area contributed by atoms with Gasteiger partial charge in [-0.1, -0.05) is 24.8 Å². The predicted molar refractivity (Wildman–Crippen MR) is 65.2 cm³/mol. The lowest BCUT2D eigenvalue weighted by atomic mass is 10.1. The van der Waals surface area contributed by atoms with E-state index in [1.807, 2.05) is 12.1 Å². The molecule has 2 rings (SSSR count). The molecule has 0 spiro atoms. The van der Waals surface area contributed by atoms with Crippen LogP contribution in [0, 0.1) is 0 Å². The van der Waals surface area contributed by atoms with Crippen LogP contribution in [0.15, 0.2) is 30.8 Å². The van der Waals surface area contributed by atoms with E-state index in [4.69, 9.17) is 0 Å². The van der Waals surface area contributed by atoms with Crippen molar-refractivity contribution in [2.24, 2.45) is 0 Å². The number of nitrogens with zero attached hydrogens (tertiary/aromatic N) is 1. The van der Waals surface area contributed by atoms with Gasteiger partial charge in [-0.2, -0.15) is 0 Å². The molecule has 0 aromatic heterocycles. The van der Waals surface area contributed by atoms with Crippen LogP contribution in [0.5, 0.6) is 0 Å². The number of rotatable bonds is 2. The van der Waals surface area contributed by atoms with E-state index in [1.165, 1.54) is 4.90 Å². The Kier molecular flexibility index (Phi) is 2.71. The van der Waals surface area contributed by atoms with E-state index in [0.717, 1.165) is 5.56 Å². The molecular weight excluding hydrogens is 216 g/mol. The number of hydrogen-bond acceptors (Lipinski definition) is 2. The molecule has 1 aliphatic rings. The second-order valence-electron chi connectivity index (χ2n) is 3.96. The van der Waals surface area contributed by atoms with Crippen LogP contribution in [0.2, 0.25) is 0 Å². The van der Waals surface area contributed by atoms with Crippen LogP contribution in [0.25, 0.3) is 5.70 Å². The van der Waals surface area contributed by atoms with Crippen LogP contribution in [0.4, 0.5) is 0 Å². The van der Waals surface area contributed by atoms with Crippen molar-refractivity contribution in [3.63, 3.8) is 0 Å². The number of carbonyl (C=O) groups is 2. The standard InChI is InChI=1S/C13H14N2O2/c1-8-10-6-4-5-7-11(10)13(17)15(8)9(2)12(16)14-3/h4-7,9H,1H2,2-3H3,(H,14,16). The molecule has 1 unspecified atom stereocenters. The fourth-order valence-electron chi connectivity index (χ4n) is 2.04. The van der Waals surface area contributed by atoms with Gasteiger partial charge in [0, 0.05) is 23.9 Å². The Morgan fingerprint density at radius 3 is 2.47 bits per heavy atom. The van der Waals surface area contributed by atoms with Gasteiger partial charge in [-0.15, -0.1) is 0 Å². The smallest absolute Gasteiger partial charge is 0.259 e. The third-order valence-corrected chi connectivity index (χ3v) is 2.99. The average Bonchev–Trinajstić information content (AvgIpc) is 2.61. The summed E-state index contributed by atoms with van der Waals surface area (Å²) in [5.74, 6) is -0.367. The SMILES string of the molecule is C=C1c2ccccc2C(=O)N1C(C)C(=O)NC. The van der Waals surface area contributed by atoms with E-state index in [9.17, 15) is 9.59 Å². The molecule has 0 bridgehead atoms. The number of carbonyl (C=O) groups excluding carboxylic acids is 2. The summed E-state index contributed by atoms with van der Waals surface area (Å²) in [6.45, 7) is 5.58. The van der Waals surface area contributed by atoms with Crippen molar-refractivity contribution >= 4 is 17.5 Å². The third-order valence-electron chi connectivity index (χ3n) is 2.99. The van der Waals surface area contributed by atoms with Gasteiger partial charge in [0.25, 0.3) is 5.91 Å². The topological polar surface area (TPSA) is 49.4 Å². The predicted octanol–water partition coefficient (Wildman–Crippen LogP) is 1.25. The summed E-state index contributed by atoms with van der Waals surface area (Å²) >= 11 is 0. The molecule has 17 heavy (non-hydrogen) atoms. The summed E-state index contributed by atoms with van der Waals surface area (Å²) in [4.78, 5) is 25.2. The number of fused-ring (bicyclic) bond motifs is 1. The van der Waals surface area contributed by atoms with Crippen molar-refractivity contribution in [3.8, 4) is 0 Å². The first-order valence-electron chi connectivity index (χ1n) is 5.41. The molecule has 0 saturated heterocycles. The normalized spacial score (nSPS) is 15.8. The van der Waals surface area contributed by atoms with Crippen molar-refractivity contribution in [1.82, 2.24) is 10.2 Å².